The number of phenols is 1. The molecule has 0 aromatic heterocycles. The number of nitrogens with one attached hydrogen (secondary N) is 1. The van der Waals surface area contributed by atoms with Crippen molar-refractivity contribution in [2.45, 2.75) is 19.5 Å². The summed E-state index contributed by atoms with van der Waals surface area (Å²) < 4.78 is 10.1. The smallest absolute Gasteiger partial charge is 0.160 e. The van der Waals surface area contributed by atoms with Gasteiger partial charge < -0.3 is 19.9 Å². The lowest BCUT2D eigenvalue weighted by Gasteiger charge is -2.13. The van der Waals surface area contributed by atoms with Crippen LogP contribution in [0, 0.1) is 0 Å². The van der Waals surface area contributed by atoms with Gasteiger partial charge in [0.05, 0.1) is 13.7 Å². The minimum Gasteiger partial charge on any atom is -0.504 e. The third kappa shape index (κ3) is 3.72. The zero-order valence-electron chi connectivity index (χ0n) is 9.99. The van der Waals surface area contributed by atoms with Crippen LogP contribution in [0.25, 0.3) is 0 Å². The van der Waals surface area contributed by atoms with Crippen LogP contribution >= 0.6 is 0 Å². The molecule has 1 unspecified atom stereocenters. The Kier molecular flexibility index (Phi) is 5.08. The van der Waals surface area contributed by atoms with Gasteiger partial charge in [0.2, 0.25) is 0 Å². The summed E-state index contributed by atoms with van der Waals surface area (Å²) in [6.07, 6.45) is 0. The van der Waals surface area contributed by atoms with Gasteiger partial charge in [-0.15, -0.1) is 0 Å². The molecule has 0 aliphatic carbocycles. The highest BCUT2D eigenvalue weighted by Gasteiger charge is 2.04. The zero-order chi connectivity index (χ0) is 12.0. The summed E-state index contributed by atoms with van der Waals surface area (Å²) in [7, 11) is 3.22. The van der Waals surface area contributed by atoms with E-state index in [0.717, 1.165) is 12.1 Å². The van der Waals surface area contributed by atoms with E-state index in [9.17, 15) is 5.11 Å². The maximum absolute atomic E-state index is 9.43. The average Bonchev–Trinajstić information content (AvgIpc) is 2.28. The quantitative estimate of drug-likeness (QED) is 0.770. The van der Waals surface area contributed by atoms with E-state index in [1.807, 2.05) is 12.1 Å². The molecule has 0 bridgehead atoms. The summed E-state index contributed by atoms with van der Waals surface area (Å²) >= 11 is 0. The van der Waals surface area contributed by atoms with Gasteiger partial charge in [-0.05, 0) is 24.6 Å². The van der Waals surface area contributed by atoms with Crippen molar-refractivity contribution in [2.24, 2.45) is 0 Å². The highest BCUT2D eigenvalue weighted by atomic mass is 16.5. The van der Waals surface area contributed by atoms with Crippen LogP contribution in [0.15, 0.2) is 18.2 Å². The summed E-state index contributed by atoms with van der Waals surface area (Å²) in [4.78, 5) is 0. The van der Waals surface area contributed by atoms with Gasteiger partial charge in [-0.3, -0.25) is 0 Å². The Bertz CT molecular complexity index is 328. The summed E-state index contributed by atoms with van der Waals surface area (Å²) in [5.74, 6) is 0.662. The second kappa shape index (κ2) is 6.35. The molecule has 0 aliphatic rings. The maximum atomic E-state index is 9.43. The van der Waals surface area contributed by atoms with Gasteiger partial charge in [0.1, 0.15) is 0 Å². The van der Waals surface area contributed by atoms with Gasteiger partial charge >= 0.3 is 0 Å². The van der Waals surface area contributed by atoms with Gasteiger partial charge in [0.15, 0.2) is 11.5 Å². The second-order valence-electron chi connectivity index (χ2n) is 3.74. The van der Waals surface area contributed by atoms with Gasteiger partial charge in [0.25, 0.3) is 0 Å². The molecule has 16 heavy (non-hydrogen) atoms. The van der Waals surface area contributed by atoms with Crippen molar-refractivity contribution in [3.63, 3.8) is 0 Å². The lowest BCUT2D eigenvalue weighted by atomic mass is 10.2. The van der Waals surface area contributed by atoms with Gasteiger partial charge in [-0.1, -0.05) is 6.07 Å². The molecule has 0 amide bonds. The molecule has 0 heterocycles. The van der Waals surface area contributed by atoms with E-state index in [1.165, 1.54) is 0 Å². The first-order valence-corrected chi connectivity index (χ1v) is 5.25. The first-order valence-electron chi connectivity index (χ1n) is 5.25. The fraction of sp³-hybridized carbons (Fsp3) is 0.500. The highest BCUT2D eigenvalue weighted by molar-refractivity contribution is 5.41. The third-order valence-corrected chi connectivity index (χ3v) is 2.32. The fourth-order valence-corrected chi connectivity index (χ4v) is 1.43. The predicted molar refractivity (Wildman–Crippen MR) is 62.8 cm³/mol. The monoisotopic (exact) mass is 225 g/mol. The number of rotatable bonds is 6. The Labute approximate surface area is 96.2 Å². The molecule has 0 aliphatic heterocycles. The second-order valence-corrected chi connectivity index (χ2v) is 3.74. The van der Waals surface area contributed by atoms with Crippen LogP contribution < -0.4 is 10.1 Å². The molecule has 0 spiro atoms. The number of hydrogen-bond acceptors (Lipinski definition) is 4. The number of benzene rings is 1. The Morgan fingerprint density at radius 2 is 2.12 bits per heavy atom. The molecule has 0 saturated carbocycles. The summed E-state index contributed by atoms with van der Waals surface area (Å²) in [6, 6.07) is 5.62. The molecule has 0 fully saturated rings. The van der Waals surface area contributed by atoms with Crippen molar-refractivity contribution >= 4 is 0 Å². The molecule has 90 valence electrons. The molecule has 0 saturated heterocycles. The standard InChI is InChI=1S/C12H19NO3/c1-9(8-15-2)13-7-10-4-5-11(14)12(6-10)16-3/h4-6,9,13-14H,7-8H2,1-3H3. The molecule has 1 aromatic carbocycles. The lowest BCUT2D eigenvalue weighted by Crippen LogP contribution is -2.29. The highest BCUT2D eigenvalue weighted by Crippen LogP contribution is 2.26. The van der Waals surface area contributed by atoms with E-state index in [2.05, 4.69) is 12.2 Å². The van der Waals surface area contributed by atoms with E-state index in [4.69, 9.17) is 9.47 Å². The van der Waals surface area contributed by atoms with E-state index in [1.54, 1.807) is 20.3 Å². The van der Waals surface area contributed by atoms with Crippen molar-refractivity contribution in [3.8, 4) is 11.5 Å². The first-order chi connectivity index (χ1) is 7.67. The molecule has 1 aromatic rings. The summed E-state index contributed by atoms with van der Waals surface area (Å²) in [5.41, 5.74) is 1.07. The van der Waals surface area contributed by atoms with Crippen molar-refractivity contribution in [1.82, 2.24) is 5.32 Å². The van der Waals surface area contributed by atoms with Crippen LogP contribution in [0.1, 0.15) is 12.5 Å². The Balaban J connectivity index is 2.54. The van der Waals surface area contributed by atoms with Crippen LogP contribution in [0.2, 0.25) is 0 Å². The van der Waals surface area contributed by atoms with Gasteiger partial charge in [-0.2, -0.15) is 0 Å². The zero-order valence-corrected chi connectivity index (χ0v) is 9.99. The summed E-state index contributed by atoms with van der Waals surface area (Å²) in [6.45, 7) is 3.46. The largest absolute Gasteiger partial charge is 0.504 e. The molecular formula is C12H19NO3. The summed E-state index contributed by atoms with van der Waals surface area (Å²) in [5, 5.41) is 12.7. The average molecular weight is 225 g/mol. The van der Waals surface area contributed by atoms with Crippen LogP contribution in [0.4, 0.5) is 0 Å². The maximum Gasteiger partial charge on any atom is 0.160 e. The van der Waals surface area contributed by atoms with Crippen molar-refractivity contribution in [3.05, 3.63) is 23.8 Å². The normalized spacial score (nSPS) is 12.4. The van der Waals surface area contributed by atoms with Crippen LogP contribution in [-0.4, -0.2) is 32.0 Å². The topological polar surface area (TPSA) is 50.7 Å². The third-order valence-electron chi connectivity index (χ3n) is 2.32. The number of hydrogen-bond donors (Lipinski definition) is 2. The Morgan fingerprint density at radius 1 is 1.38 bits per heavy atom. The van der Waals surface area contributed by atoms with E-state index in [0.29, 0.717) is 18.4 Å². The SMILES string of the molecule is COCC(C)NCc1ccc(O)c(OC)c1. The molecule has 2 N–H and O–H groups in total. The Morgan fingerprint density at radius 3 is 2.75 bits per heavy atom. The lowest BCUT2D eigenvalue weighted by molar-refractivity contribution is 0.171. The fourth-order valence-electron chi connectivity index (χ4n) is 1.43. The van der Waals surface area contributed by atoms with Gasteiger partial charge in [-0.25, -0.2) is 0 Å². The minimum absolute atomic E-state index is 0.163. The van der Waals surface area contributed by atoms with E-state index in [-0.39, 0.29) is 5.75 Å². The number of phenolic OH excluding ortho intramolecular Hbond substituents is 1. The first kappa shape index (κ1) is 12.8. The van der Waals surface area contributed by atoms with Crippen molar-refractivity contribution in [1.29, 1.82) is 0 Å². The van der Waals surface area contributed by atoms with E-state index < -0.39 is 0 Å². The van der Waals surface area contributed by atoms with Crippen LogP contribution in [0.3, 0.4) is 0 Å². The van der Waals surface area contributed by atoms with Crippen molar-refractivity contribution < 1.29 is 14.6 Å². The molecule has 1 atom stereocenters. The molecule has 4 heteroatoms. The van der Waals surface area contributed by atoms with Gasteiger partial charge in [0, 0.05) is 19.7 Å². The predicted octanol–water partition coefficient (Wildman–Crippen LogP) is 1.53. The van der Waals surface area contributed by atoms with Crippen LogP contribution in [-0.2, 0) is 11.3 Å². The Hall–Kier alpha value is -1.26. The molecule has 1 rings (SSSR count). The minimum atomic E-state index is 0.163. The number of aromatic hydroxyl groups is 1. The molecular weight excluding hydrogens is 206 g/mol. The van der Waals surface area contributed by atoms with Crippen LogP contribution in [0.5, 0.6) is 11.5 Å². The number of ether oxygens (including phenoxy) is 2. The molecule has 4 nitrogen and oxygen atoms in total. The molecule has 0 radical (unpaired) electrons. The van der Waals surface area contributed by atoms with E-state index >= 15 is 0 Å². The van der Waals surface area contributed by atoms with Crippen molar-refractivity contribution in [2.75, 3.05) is 20.8 Å². The number of methoxy groups -OCH3 is 2.